The number of anilines is 1. The Kier molecular flexibility index (Phi) is 5.51. The Hall–Kier alpha value is -4.21. The molecule has 0 saturated carbocycles. The third kappa shape index (κ3) is 3.74. The Bertz CT molecular complexity index is 1550. The summed E-state index contributed by atoms with van der Waals surface area (Å²) in [5, 5.41) is 4.05. The summed E-state index contributed by atoms with van der Waals surface area (Å²) >= 11 is 0. The van der Waals surface area contributed by atoms with Crippen LogP contribution in [-0.2, 0) is 11.7 Å². The third-order valence-electron chi connectivity index (χ3n) is 7.54. The van der Waals surface area contributed by atoms with Crippen LogP contribution in [0.25, 0.3) is 16.6 Å². The number of fused-ring (bicyclic) bond motifs is 5. The van der Waals surface area contributed by atoms with Crippen LogP contribution in [0, 0.1) is 0 Å². The van der Waals surface area contributed by atoms with Crippen LogP contribution in [0.3, 0.4) is 0 Å². The van der Waals surface area contributed by atoms with Gasteiger partial charge in [0.05, 0.1) is 31.1 Å². The topological polar surface area (TPSA) is 68.6 Å². The predicted octanol–water partition coefficient (Wildman–Crippen LogP) is 5.62. The predicted molar refractivity (Wildman–Crippen MR) is 136 cm³/mol. The van der Waals surface area contributed by atoms with Crippen molar-refractivity contribution < 1.29 is 27.4 Å². The number of ether oxygens (including phenoxy) is 2. The van der Waals surface area contributed by atoms with Crippen LogP contribution < -0.4 is 14.8 Å². The molecule has 0 unspecified atom stereocenters. The van der Waals surface area contributed by atoms with Gasteiger partial charge in [-0.05, 0) is 61.4 Å². The molecule has 7 nitrogen and oxygen atoms in total. The van der Waals surface area contributed by atoms with Gasteiger partial charge in [0, 0.05) is 42.0 Å². The quantitative estimate of drug-likeness (QED) is 0.378. The molecule has 4 heterocycles. The van der Waals surface area contributed by atoms with Gasteiger partial charge in [-0.1, -0.05) is 0 Å². The number of carbonyl (C=O) groups excluding carboxylic acids is 1. The molecule has 0 bridgehead atoms. The molecule has 0 atom stereocenters. The molecule has 10 heteroatoms. The first-order valence-electron chi connectivity index (χ1n) is 12.2. The van der Waals surface area contributed by atoms with Crippen molar-refractivity contribution in [2.75, 3.05) is 32.6 Å². The van der Waals surface area contributed by atoms with E-state index in [9.17, 15) is 18.0 Å². The number of halogens is 3. The number of nitrogens with zero attached hydrogens (tertiary/aromatic N) is 3. The fourth-order valence-electron chi connectivity index (χ4n) is 5.60. The van der Waals surface area contributed by atoms with E-state index in [0.717, 1.165) is 28.9 Å². The van der Waals surface area contributed by atoms with Crippen molar-refractivity contribution in [1.82, 2.24) is 14.5 Å². The van der Waals surface area contributed by atoms with Gasteiger partial charge in [0.25, 0.3) is 5.91 Å². The minimum atomic E-state index is -4.60. The second-order valence-corrected chi connectivity index (χ2v) is 9.55. The average molecular weight is 523 g/mol. The maximum absolute atomic E-state index is 13.6. The van der Waals surface area contributed by atoms with E-state index in [4.69, 9.17) is 9.47 Å². The number of aromatic nitrogens is 2. The lowest BCUT2D eigenvalue weighted by Gasteiger charge is -2.46. The normalized spacial score (nSPS) is 16.1. The Balaban J connectivity index is 1.30. The average Bonchev–Trinajstić information content (AvgIpc) is 3.43. The molecule has 2 aromatic carbocycles. The van der Waals surface area contributed by atoms with Crippen LogP contribution in [0.15, 0.2) is 60.8 Å². The van der Waals surface area contributed by atoms with E-state index in [0.29, 0.717) is 36.9 Å². The lowest BCUT2D eigenvalue weighted by molar-refractivity contribution is -0.140. The summed E-state index contributed by atoms with van der Waals surface area (Å²) in [7, 11) is 3.00. The molecule has 1 N–H and O–H groups in total. The van der Waals surface area contributed by atoms with E-state index in [1.807, 2.05) is 30.5 Å². The second-order valence-electron chi connectivity index (χ2n) is 9.55. The molecule has 4 aromatic rings. The van der Waals surface area contributed by atoms with Crippen LogP contribution in [0.4, 0.5) is 18.9 Å². The lowest BCUT2D eigenvalue weighted by atomic mass is 9.82. The Morgan fingerprint density at radius 1 is 1.03 bits per heavy atom. The number of alkyl halides is 3. The zero-order chi connectivity index (χ0) is 26.7. The van der Waals surface area contributed by atoms with Gasteiger partial charge < -0.3 is 24.3 Å². The van der Waals surface area contributed by atoms with Gasteiger partial charge in [-0.2, -0.15) is 13.2 Å². The maximum Gasteiger partial charge on any atom is 0.433 e. The molecule has 0 aliphatic carbocycles. The number of benzene rings is 2. The van der Waals surface area contributed by atoms with Gasteiger partial charge in [0.1, 0.15) is 22.7 Å². The van der Waals surface area contributed by atoms with Crippen molar-refractivity contribution in [1.29, 1.82) is 0 Å². The van der Waals surface area contributed by atoms with Crippen molar-refractivity contribution in [2.45, 2.75) is 24.6 Å². The number of hydrogen-bond acceptors (Lipinski definition) is 5. The fourth-order valence-corrected chi connectivity index (χ4v) is 5.60. The fraction of sp³-hybridized carbons (Fsp3) is 0.286. The minimum absolute atomic E-state index is 0.0129. The summed E-state index contributed by atoms with van der Waals surface area (Å²) in [6.07, 6.45) is -1.26. The number of methoxy groups -OCH3 is 2. The largest absolute Gasteiger partial charge is 0.497 e. The van der Waals surface area contributed by atoms with E-state index in [1.165, 1.54) is 19.2 Å². The molecule has 6 rings (SSSR count). The van der Waals surface area contributed by atoms with E-state index >= 15 is 0 Å². The van der Waals surface area contributed by atoms with Gasteiger partial charge in [-0.3, -0.25) is 4.79 Å². The van der Waals surface area contributed by atoms with Gasteiger partial charge in [0.15, 0.2) is 0 Å². The molecule has 2 aromatic heterocycles. The molecule has 1 saturated heterocycles. The summed E-state index contributed by atoms with van der Waals surface area (Å²) < 4.78 is 52.7. The van der Waals surface area contributed by atoms with Crippen molar-refractivity contribution in [3.63, 3.8) is 0 Å². The number of pyridine rings is 1. The number of hydrogen-bond donors (Lipinski definition) is 1. The van der Waals surface area contributed by atoms with Crippen molar-refractivity contribution >= 4 is 22.5 Å². The summed E-state index contributed by atoms with van der Waals surface area (Å²) in [5.74, 6) is 0.687. The summed E-state index contributed by atoms with van der Waals surface area (Å²) in [5.41, 5.74) is 2.03. The molecular weight excluding hydrogens is 497 g/mol. The van der Waals surface area contributed by atoms with E-state index < -0.39 is 11.9 Å². The van der Waals surface area contributed by atoms with Crippen molar-refractivity contribution in [2.24, 2.45) is 0 Å². The first kappa shape index (κ1) is 24.1. The van der Waals surface area contributed by atoms with Crippen LogP contribution in [-0.4, -0.2) is 47.7 Å². The molecule has 2 aliphatic heterocycles. The highest BCUT2D eigenvalue weighted by Gasteiger charge is 2.43. The van der Waals surface area contributed by atoms with Gasteiger partial charge in [-0.15, -0.1) is 0 Å². The first-order valence-corrected chi connectivity index (χ1v) is 12.2. The first-order chi connectivity index (χ1) is 18.2. The number of amides is 1. The summed E-state index contributed by atoms with van der Waals surface area (Å²) in [4.78, 5) is 19.2. The number of carbonyl (C=O) groups is 1. The van der Waals surface area contributed by atoms with Gasteiger partial charge in [0.2, 0.25) is 0 Å². The summed E-state index contributed by atoms with van der Waals surface area (Å²) in [6, 6.07) is 15.3. The van der Waals surface area contributed by atoms with Gasteiger partial charge >= 0.3 is 6.18 Å². The van der Waals surface area contributed by atoms with Crippen molar-refractivity contribution in [3.8, 4) is 17.2 Å². The number of rotatable bonds is 3. The Morgan fingerprint density at radius 3 is 2.53 bits per heavy atom. The molecule has 0 radical (unpaired) electrons. The number of likely N-dealkylation sites (tertiary alicyclic amines) is 1. The number of nitrogens with one attached hydrogen (secondary N) is 1. The SMILES string of the molecule is COc1ccc2c(c1)NC1(CCN(C(=O)c3ccc(OC)c4nc(C(F)(F)F)ccc34)CC1)c1cccn1-2. The highest BCUT2D eigenvalue weighted by Crippen LogP contribution is 2.44. The zero-order valence-electron chi connectivity index (χ0n) is 20.8. The van der Waals surface area contributed by atoms with Crippen LogP contribution in [0.5, 0.6) is 11.5 Å². The van der Waals surface area contributed by atoms with Crippen LogP contribution in [0.1, 0.15) is 34.6 Å². The van der Waals surface area contributed by atoms with E-state index in [2.05, 4.69) is 20.9 Å². The molecular formula is C28H25F3N4O3. The molecule has 196 valence electrons. The van der Waals surface area contributed by atoms with Crippen LogP contribution in [0.2, 0.25) is 0 Å². The highest BCUT2D eigenvalue weighted by atomic mass is 19.4. The van der Waals surface area contributed by atoms with Crippen LogP contribution >= 0.6 is 0 Å². The van der Waals surface area contributed by atoms with E-state index in [1.54, 1.807) is 18.1 Å². The van der Waals surface area contributed by atoms with E-state index in [-0.39, 0.29) is 22.7 Å². The van der Waals surface area contributed by atoms with Crippen molar-refractivity contribution in [3.05, 3.63) is 77.7 Å². The molecule has 38 heavy (non-hydrogen) atoms. The zero-order valence-corrected chi connectivity index (χ0v) is 20.8. The second kappa shape index (κ2) is 8.68. The molecule has 2 aliphatic rings. The standard InChI is InChI=1S/C28H25F3N4O3/c1-37-17-5-8-21-20(16-17)33-27(24-4-3-13-35(21)24)11-14-34(15-12-27)26(36)19-6-9-22(38-2)25-18(19)7-10-23(32-25)28(29,30)31/h3-10,13,16,33H,11-12,14-15H2,1-2H3. The lowest BCUT2D eigenvalue weighted by Crippen LogP contribution is -2.51. The highest BCUT2D eigenvalue weighted by molar-refractivity contribution is 6.07. The maximum atomic E-state index is 13.6. The molecule has 1 fully saturated rings. The molecule has 1 amide bonds. The third-order valence-corrected chi connectivity index (χ3v) is 7.54. The van der Waals surface area contributed by atoms with Gasteiger partial charge in [-0.25, -0.2) is 4.98 Å². The summed E-state index contributed by atoms with van der Waals surface area (Å²) in [6.45, 7) is 0.940. The Labute approximate surface area is 216 Å². The monoisotopic (exact) mass is 522 g/mol. The minimum Gasteiger partial charge on any atom is -0.497 e. The molecule has 1 spiro atoms. The smallest absolute Gasteiger partial charge is 0.433 e. The number of piperidine rings is 1. The Morgan fingerprint density at radius 2 is 1.82 bits per heavy atom.